The van der Waals surface area contributed by atoms with Crippen molar-refractivity contribution in [3.8, 4) is 5.75 Å². The fraction of sp³-hybridized carbons (Fsp3) is 0.316. The molecule has 2 aromatic carbocycles. The molecule has 1 heterocycles. The van der Waals surface area contributed by atoms with Gasteiger partial charge in [0.15, 0.2) is 0 Å². The minimum absolute atomic E-state index is 0.187. The van der Waals surface area contributed by atoms with Crippen LogP contribution in [-0.2, 0) is 10.4 Å². The number of carbonyl (C=O) groups excluding carboxylic acids is 1. The van der Waals surface area contributed by atoms with Gasteiger partial charge in [-0.1, -0.05) is 37.3 Å². The zero-order chi connectivity index (χ0) is 17.3. The summed E-state index contributed by atoms with van der Waals surface area (Å²) in [6.45, 7) is 1.90. The lowest BCUT2D eigenvalue weighted by Gasteiger charge is -2.53. The minimum atomic E-state index is -1.20. The van der Waals surface area contributed by atoms with Gasteiger partial charge in [-0.2, -0.15) is 0 Å². The summed E-state index contributed by atoms with van der Waals surface area (Å²) in [5.41, 5.74) is 6.34. The Morgan fingerprint density at radius 2 is 1.79 bits per heavy atom. The van der Waals surface area contributed by atoms with E-state index in [4.69, 9.17) is 10.5 Å². The first kappa shape index (κ1) is 16.5. The van der Waals surface area contributed by atoms with E-state index in [0.29, 0.717) is 17.9 Å². The van der Waals surface area contributed by atoms with Crippen molar-refractivity contribution in [2.45, 2.75) is 31.0 Å². The molecule has 3 rings (SSSR count). The minimum Gasteiger partial charge on any atom is -0.497 e. The van der Waals surface area contributed by atoms with Crippen LogP contribution in [0.5, 0.6) is 5.75 Å². The lowest BCUT2D eigenvalue weighted by atomic mass is 9.74. The number of nitrogens with two attached hydrogens (primary N) is 1. The second kappa shape index (κ2) is 6.26. The van der Waals surface area contributed by atoms with Gasteiger partial charge in [-0.25, -0.2) is 0 Å². The van der Waals surface area contributed by atoms with Crippen LogP contribution in [0.1, 0.15) is 18.9 Å². The highest BCUT2D eigenvalue weighted by molar-refractivity contribution is 6.06. The molecule has 1 fully saturated rings. The standard InChI is InChI=1S/C19H22N2O3/c1-3-19(23,13-7-5-4-6-8-13)17-16(20)18(22)21(17)14-9-11-15(24-2)12-10-14/h4-12,16-17,23H,3,20H2,1-2H3/t16-,17+,19?/m0/s1. The molecule has 1 unspecified atom stereocenters. The van der Waals surface area contributed by atoms with Crippen molar-refractivity contribution in [1.29, 1.82) is 0 Å². The molecule has 5 heteroatoms. The zero-order valence-electron chi connectivity index (χ0n) is 13.8. The fourth-order valence-electron chi connectivity index (χ4n) is 3.36. The van der Waals surface area contributed by atoms with E-state index in [9.17, 15) is 9.90 Å². The Hall–Kier alpha value is -2.37. The molecule has 1 saturated heterocycles. The van der Waals surface area contributed by atoms with Crippen LogP contribution in [0.2, 0.25) is 0 Å². The molecule has 1 amide bonds. The van der Waals surface area contributed by atoms with Gasteiger partial charge < -0.3 is 20.5 Å². The Kier molecular flexibility index (Phi) is 4.30. The lowest BCUT2D eigenvalue weighted by molar-refractivity contribution is -0.133. The summed E-state index contributed by atoms with van der Waals surface area (Å²) < 4.78 is 5.16. The maximum absolute atomic E-state index is 12.4. The highest BCUT2D eigenvalue weighted by atomic mass is 16.5. The average molecular weight is 326 g/mol. The van der Waals surface area contributed by atoms with Gasteiger partial charge in [0.25, 0.3) is 0 Å². The van der Waals surface area contributed by atoms with Gasteiger partial charge in [0.1, 0.15) is 17.4 Å². The molecule has 3 N–H and O–H groups in total. The highest BCUT2D eigenvalue weighted by Crippen LogP contribution is 2.41. The third-order valence-corrected chi connectivity index (χ3v) is 4.79. The predicted molar refractivity (Wildman–Crippen MR) is 92.9 cm³/mol. The Morgan fingerprint density at radius 1 is 1.17 bits per heavy atom. The van der Waals surface area contributed by atoms with Crippen molar-refractivity contribution < 1.29 is 14.6 Å². The number of hydrogen-bond donors (Lipinski definition) is 2. The van der Waals surface area contributed by atoms with Crippen LogP contribution in [0.25, 0.3) is 0 Å². The summed E-state index contributed by atoms with van der Waals surface area (Å²) in [5, 5.41) is 11.3. The Morgan fingerprint density at radius 3 is 2.33 bits per heavy atom. The molecule has 0 bridgehead atoms. The smallest absolute Gasteiger partial charge is 0.246 e. The first-order valence-corrected chi connectivity index (χ1v) is 8.03. The number of methoxy groups -OCH3 is 1. The molecule has 3 atom stereocenters. The van der Waals surface area contributed by atoms with Crippen LogP contribution in [0.15, 0.2) is 54.6 Å². The van der Waals surface area contributed by atoms with E-state index in [2.05, 4.69) is 0 Å². The van der Waals surface area contributed by atoms with Gasteiger partial charge in [0.2, 0.25) is 5.91 Å². The summed E-state index contributed by atoms with van der Waals surface area (Å²) in [6, 6.07) is 15.3. The topological polar surface area (TPSA) is 75.8 Å². The first-order chi connectivity index (χ1) is 11.5. The van der Waals surface area contributed by atoms with Gasteiger partial charge >= 0.3 is 0 Å². The summed E-state index contributed by atoms with van der Waals surface area (Å²) in [5.74, 6) is 0.523. The Balaban J connectivity index is 1.99. The SMILES string of the molecule is CCC(O)(c1ccccc1)[C@H]1[C@H](N)C(=O)N1c1ccc(OC)cc1. The Bertz CT molecular complexity index is 717. The van der Waals surface area contributed by atoms with E-state index in [-0.39, 0.29) is 5.91 Å². The van der Waals surface area contributed by atoms with Crippen LogP contribution >= 0.6 is 0 Å². The van der Waals surface area contributed by atoms with Gasteiger partial charge in [-0.15, -0.1) is 0 Å². The third-order valence-electron chi connectivity index (χ3n) is 4.79. The number of benzene rings is 2. The monoisotopic (exact) mass is 326 g/mol. The summed E-state index contributed by atoms with van der Waals surface area (Å²) in [4.78, 5) is 14.0. The van der Waals surface area contributed by atoms with Gasteiger partial charge in [0, 0.05) is 5.69 Å². The number of amides is 1. The predicted octanol–water partition coefficient (Wildman–Crippen LogP) is 2.04. The Labute approximate surface area is 141 Å². The third kappa shape index (κ3) is 2.46. The molecule has 1 aliphatic rings. The molecule has 5 nitrogen and oxygen atoms in total. The molecule has 2 aromatic rings. The van der Waals surface area contributed by atoms with Crippen LogP contribution in [0.3, 0.4) is 0 Å². The molecule has 0 aliphatic carbocycles. The largest absolute Gasteiger partial charge is 0.497 e. The summed E-state index contributed by atoms with van der Waals surface area (Å²) in [6.07, 6.45) is 0.454. The van der Waals surface area contributed by atoms with E-state index >= 15 is 0 Å². The van der Waals surface area contributed by atoms with Gasteiger partial charge in [-0.3, -0.25) is 4.79 Å². The molecular formula is C19H22N2O3. The molecule has 24 heavy (non-hydrogen) atoms. The van der Waals surface area contributed by atoms with Crippen LogP contribution in [0.4, 0.5) is 5.69 Å². The van der Waals surface area contributed by atoms with Crippen molar-refractivity contribution >= 4 is 11.6 Å². The van der Waals surface area contributed by atoms with Crippen molar-refractivity contribution in [2.75, 3.05) is 12.0 Å². The van der Waals surface area contributed by atoms with Crippen molar-refractivity contribution in [3.05, 3.63) is 60.2 Å². The van der Waals surface area contributed by atoms with E-state index in [1.165, 1.54) is 0 Å². The van der Waals surface area contributed by atoms with Crippen molar-refractivity contribution in [1.82, 2.24) is 0 Å². The molecule has 0 radical (unpaired) electrons. The number of β-lactam (4-membered cyclic amide) rings is 1. The molecule has 0 aromatic heterocycles. The second-order valence-corrected chi connectivity index (χ2v) is 6.02. The number of hydrogen-bond acceptors (Lipinski definition) is 4. The molecule has 1 aliphatic heterocycles. The van der Waals surface area contributed by atoms with E-state index < -0.39 is 17.7 Å². The van der Waals surface area contributed by atoms with E-state index in [1.807, 2.05) is 37.3 Å². The lowest BCUT2D eigenvalue weighted by Crippen LogP contribution is -2.75. The zero-order valence-corrected chi connectivity index (χ0v) is 13.8. The summed E-state index contributed by atoms with van der Waals surface area (Å²) >= 11 is 0. The number of carbonyl (C=O) groups is 1. The molecule has 0 spiro atoms. The van der Waals surface area contributed by atoms with Crippen molar-refractivity contribution in [2.24, 2.45) is 5.73 Å². The number of anilines is 1. The van der Waals surface area contributed by atoms with Crippen LogP contribution < -0.4 is 15.4 Å². The van der Waals surface area contributed by atoms with E-state index in [0.717, 1.165) is 5.56 Å². The average Bonchev–Trinajstić information content (AvgIpc) is 2.65. The molecule has 126 valence electrons. The maximum Gasteiger partial charge on any atom is 0.246 e. The van der Waals surface area contributed by atoms with E-state index in [1.54, 1.807) is 36.3 Å². The fourth-order valence-corrected chi connectivity index (χ4v) is 3.36. The number of aliphatic hydroxyl groups is 1. The second-order valence-electron chi connectivity index (χ2n) is 6.02. The van der Waals surface area contributed by atoms with Gasteiger partial charge in [-0.05, 0) is 36.2 Å². The van der Waals surface area contributed by atoms with Crippen LogP contribution in [-0.4, -0.2) is 30.2 Å². The summed E-state index contributed by atoms with van der Waals surface area (Å²) in [7, 11) is 1.59. The normalized spacial score (nSPS) is 22.7. The maximum atomic E-state index is 12.4. The first-order valence-electron chi connectivity index (χ1n) is 8.03. The number of ether oxygens (including phenoxy) is 1. The number of nitrogens with zero attached hydrogens (tertiary/aromatic N) is 1. The number of rotatable bonds is 5. The molecular weight excluding hydrogens is 304 g/mol. The quantitative estimate of drug-likeness (QED) is 0.825. The van der Waals surface area contributed by atoms with Crippen LogP contribution in [0, 0.1) is 0 Å². The van der Waals surface area contributed by atoms with Crippen molar-refractivity contribution in [3.63, 3.8) is 0 Å². The molecule has 0 saturated carbocycles. The highest BCUT2D eigenvalue weighted by Gasteiger charge is 2.56. The van der Waals surface area contributed by atoms with Gasteiger partial charge in [0.05, 0.1) is 13.2 Å².